The van der Waals surface area contributed by atoms with E-state index in [-0.39, 0.29) is 0 Å². The number of nitrogens with one attached hydrogen (secondary N) is 1. The van der Waals surface area contributed by atoms with E-state index in [9.17, 15) is 0 Å². The summed E-state index contributed by atoms with van der Waals surface area (Å²) in [5.74, 6) is 1.96. The second-order valence-corrected chi connectivity index (χ2v) is 5.90. The van der Waals surface area contributed by atoms with E-state index in [1.54, 1.807) is 0 Å². The Morgan fingerprint density at radius 3 is 2.67 bits per heavy atom. The first kappa shape index (κ1) is 11.4. The van der Waals surface area contributed by atoms with Gasteiger partial charge in [0.25, 0.3) is 0 Å². The van der Waals surface area contributed by atoms with Gasteiger partial charge in [-0.05, 0) is 38.5 Å². The molecule has 0 radical (unpaired) electrons. The average molecular weight is 210 g/mol. The topological polar surface area (TPSA) is 15.3 Å². The highest BCUT2D eigenvalue weighted by atomic mass is 15.2. The molecule has 88 valence electrons. The molecule has 0 aromatic heterocycles. The van der Waals surface area contributed by atoms with E-state index >= 15 is 0 Å². The summed E-state index contributed by atoms with van der Waals surface area (Å²) in [6, 6.07) is 1.41. The zero-order valence-corrected chi connectivity index (χ0v) is 10.5. The van der Waals surface area contributed by atoms with Gasteiger partial charge in [0.2, 0.25) is 0 Å². The molecular weight excluding hydrogens is 184 g/mol. The Bertz CT molecular complexity index is 205. The molecule has 0 spiro atoms. The number of rotatable bonds is 2. The van der Waals surface area contributed by atoms with E-state index in [1.807, 2.05) is 0 Å². The van der Waals surface area contributed by atoms with Crippen molar-refractivity contribution in [3.63, 3.8) is 0 Å². The fraction of sp³-hybridized carbons (Fsp3) is 1.00. The van der Waals surface area contributed by atoms with Crippen molar-refractivity contribution in [2.24, 2.45) is 11.8 Å². The van der Waals surface area contributed by atoms with E-state index in [0.717, 1.165) is 17.9 Å². The molecule has 4 atom stereocenters. The maximum Gasteiger partial charge on any atom is 0.0193 e. The first-order valence-corrected chi connectivity index (χ1v) is 6.62. The van der Waals surface area contributed by atoms with Crippen molar-refractivity contribution >= 4 is 0 Å². The average Bonchev–Trinajstić information content (AvgIpc) is 2.58. The van der Waals surface area contributed by atoms with Crippen LogP contribution in [0.25, 0.3) is 0 Å². The predicted molar refractivity (Wildman–Crippen MR) is 65.0 cm³/mol. The normalized spacial score (nSPS) is 43.4. The molecular formula is C13H26N2. The molecule has 2 nitrogen and oxygen atoms in total. The Hall–Kier alpha value is -0.0800. The van der Waals surface area contributed by atoms with Crippen molar-refractivity contribution in [3.05, 3.63) is 0 Å². The van der Waals surface area contributed by atoms with E-state index in [4.69, 9.17) is 0 Å². The van der Waals surface area contributed by atoms with Gasteiger partial charge in [0.1, 0.15) is 0 Å². The van der Waals surface area contributed by atoms with Crippen LogP contribution in [0.5, 0.6) is 0 Å². The lowest BCUT2D eigenvalue weighted by atomic mass is 10.0. The zero-order valence-electron chi connectivity index (χ0n) is 10.5. The highest BCUT2D eigenvalue weighted by Gasteiger charge is 2.28. The van der Waals surface area contributed by atoms with Crippen LogP contribution in [-0.4, -0.2) is 36.6 Å². The Morgan fingerprint density at radius 1 is 1.20 bits per heavy atom. The summed E-state index contributed by atoms with van der Waals surface area (Å²) >= 11 is 0. The lowest BCUT2D eigenvalue weighted by molar-refractivity contribution is 0.124. The van der Waals surface area contributed by atoms with Gasteiger partial charge in [-0.1, -0.05) is 13.3 Å². The maximum atomic E-state index is 3.55. The first-order valence-electron chi connectivity index (χ1n) is 6.62. The molecule has 15 heavy (non-hydrogen) atoms. The molecule has 0 aromatic carbocycles. The van der Waals surface area contributed by atoms with Crippen molar-refractivity contribution in [1.82, 2.24) is 10.2 Å². The van der Waals surface area contributed by atoms with Crippen LogP contribution in [0.1, 0.15) is 40.0 Å². The van der Waals surface area contributed by atoms with Crippen LogP contribution in [0.15, 0.2) is 0 Å². The number of piperazine rings is 1. The fourth-order valence-electron chi connectivity index (χ4n) is 3.17. The summed E-state index contributed by atoms with van der Waals surface area (Å²) in [5, 5.41) is 3.55. The van der Waals surface area contributed by atoms with Gasteiger partial charge in [-0.3, -0.25) is 4.90 Å². The van der Waals surface area contributed by atoms with Crippen molar-refractivity contribution in [3.8, 4) is 0 Å². The van der Waals surface area contributed by atoms with Crippen molar-refractivity contribution < 1.29 is 0 Å². The van der Waals surface area contributed by atoms with Gasteiger partial charge < -0.3 is 5.32 Å². The largest absolute Gasteiger partial charge is 0.311 e. The summed E-state index contributed by atoms with van der Waals surface area (Å²) in [6.07, 6.45) is 4.39. The third-order valence-corrected chi connectivity index (χ3v) is 4.19. The second-order valence-electron chi connectivity index (χ2n) is 5.90. The molecule has 1 saturated heterocycles. The summed E-state index contributed by atoms with van der Waals surface area (Å²) in [7, 11) is 0. The predicted octanol–water partition coefficient (Wildman–Crippen LogP) is 2.10. The summed E-state index contributed by atoms with van der Waals surface area (Å²) < 4.78 is 0. The molecule has 0 bridgehead atoms. The monoisotopic (exact) mass is 210 g/mol. The zero-order chi connectivity index (χ0) is 10.8. The van der Waals surface area contributed by atoms with Crippen molar-refractivity contribution in [2.45, 2.75) is 52.1 Å². The number of hydrogen-bond donors (Lipinski definition) is 1. The molecule has 2 heteroatoms. The van der Waals surface area contributed by atoms with Crippen molar-refractivity contribution in [1.29, 1.82) is 0 Å². The first-order chi connectivity index (χ1) is 7.15. The highest BCUT2D eigenvalue weighted by Crippen LogP contribution is 2.31. The third kappa shape index (κ3) is 2.94. The quantitative estimate of drug-likeness (QED) is 0.751. The van der Waals surface area contributed by atoms with Gasteiger partial charge >= 0.3 is 0 Å². The van der Waals surface area contributed by atoms with Gasteiger partial charge in [-0.15, -0.1) is 0 Å². The van der Waals surface area contributed by atoms with Crippen LogP contribution in [-0.2, 0) is 0 Å². The maximum absolute atomic E-state index is 3.55. The fourth-order valence-corrected chi connectivity index (χ4v) is 3.17. The van der Waals surface area contributed by atoms with Crippen LogP contribution in [0.4, 0.5) is 0 Å². The molecule has 1 saturated carbocycles. The van der Waals surface area contributed by atoms with Crippen LogP contribution in [0.3, 0.4) is 0 Å². The summed E-state index contributed by atoms with van der Waals surface area (Å²) in [4.78, 5) is 2.70. The minimum atomic E-state index is 0.681. The Kier molecular flexibility index (Phi) is 3.68. The minimum Gasteiger partial charge on any atom is -0.311 e. The van der Waals surface area contributed by atoms with Crippen molar-refractivity contribution in [2.75, 3.05) is 19.6 Å². The molecule has 2 rings (SSSR count). The summed E-state index contributed by atoms with van der Waals surface area (Å²) in [5.41, 5.74) is 0. The van der Waals surface area contributed by atoms with E-state index in [0.29, 0.717) is 6.04 Å². The highest BCUT2D eigenvalue weighted by molar-refractivity contribution is 4.84. The van der Waals surface area contributed by atoms with Crippen LogP contribution >= 0.6 is 0 Å². The number of nitrogens with zero attached hydrogens (tertiary/aromatic N) is 1. The van der Waals surface area contributed by atoms with Gasteiger partial charge in [0.05, 0.1) is 0 Å². The van der Waals surface area contributed by atoms with Gasteiger partial charge in [-0.25, -0.2) is 0 Å². The molecule has 2 fully saturated rings. The molecule has 1 aliphatic carbocycles. The van der Waals surface area contributed by atoms with E-state index in [1.165, 1.54) is 38.9 Å². The standard InChI is InChI=1S/C13H26N2/c1-10-4-5-13(6-10)9-15-8-11(2)14-7-12(15)3/h10-14H,4-9H2,1-3H3. The molecule has 1 aliphatic heterocycles. The Balaban J connectivity index is 1.82. The van der Waals surface area contributed by atoms with Crippen LogP contribution < -0.4 is 5.32 Å². The van der Waals surface area contributed by atoms with Crippen LogP contribution in [0.2, 0.25) is 0 Å². The van der Waals surface area contributed by atoms with Crippen LogP contribution in [0, 0.1) is 11.8 Å². The molecule has 1 heterocycles. The van der Waals surface area contributed by atoms with E-state index < -0.39 is 0 Å². The lowest BCUT2D eigenvalue weighted by Crippen LogP contribution is -2.55. The Labute approximate surface area is 94.4 Å². The molecule has 4 unspecified atom stereocenters. The summed E-state index contributed by atoms with van der Waals surface area (Å²) in [6.45, 7) is 10.8. The lowest BCUT2D eigenvalue weighted by Gasteiger charge is -2.39. The SMILES string of the molecule is CC1CCC(CN2CC(C)NCC2C)C1. The van der Waals surface area contributed by atoms with Gasteiger partial charge in [-0.2, -0.15) is 0 Å². The molecule has 1 N–H and O–H groups in total. The second kappa shape index (κ2) is 4.84. The van der Waals surface area contributed by atoms with Gasteiger partial charge in [0, 0.05) is 31.7 Å². The Morgan fingerprint density at radius 2 is 2.00 bits per heavy atom. The van der Waals surface area contributed by atoms with E-state index in [2.05, 4.69) is 31.0 Å². The minimum absolute atomic E-state index is 0.681. The number of hydrogen-bond acceptors (Lipinski definition) is 2. The molecule has 0 aromatic rings. The van der Waals surface area contributed by atoms with Gasteiger partial charge in [0.15, 0.2) is 0 Å². The third-order valence-electron chi connectivity index (χ3n) is 4.19. The smallest absolute Gasteiger partial charge is 0.0193 e. The molecule has 0 amide bonds. The molecule has 2 aliphatic rings.